The van der Waals surface area contributed by atoms with Crippen LogP contribution in [0.1, 0.15) is 22.3 Å². The third kappa shape index (κ3) is 3.85. The fourth-order valence-corrected chi connectivity index (χ4v) is 12.0. The SMILES string of the molecule is Cc1ccc2c(c1)N1c3cc(C)ccc3B3c4c5c6c7c(c41)B2c1ccc(C)cc1N7c1cc(C)ccc1B6N(c1ccccc1)c1cccc(c1-5)N3c1ccccc1. The first-order valence-electron chi connectivity index (χ1n) is 21.0. The van der Waals surface area contributed by atoms with Crippen LogP contribution in [0.4, 0.5) is 56.9 Å². The van der Waals surface area contributed by atoms with E-state index in [-0.39, 0.29) is 20.4 Å². The summed E-state index contributed by atoms with van der Waals surface area (Å²) in [5, 5.41) is 0. The van der Waals surface area contributed by atoms with Crippen molar-refractivity contribution in [1.82, 2.24) is 0 Å². The summed E-state index contributed by atoms with van der Waals surface area (Å²) in [4.78, 5) is 10.7. The molecule has 0 radical (unpaired) electrons. The summed E-state index contributed by atoms with van der Waals surface area (Å²) in [7, 11) is 0. The smallest absolute Gasteiger partial charge is 0.333 e. The molecule has 0 amide bonds. The molecular formula is C52H37B3N4. The molecule has 8 aromatic rings. The van der Waals surface area contributed by atoms with Gasteiger partial charge in [0.05, 0.1) is 0 Å². The zero-order valence-electron chi connectivity index (χ0n) is 33.5. The summed E-state index contributed by atoms with van der Waals surface area (Å²) in [5.74, 6) is 0. The van der Waals surface area contributed by atoms with Crippen LogP contribution in [-0.2, 0) is 0 Å². The lowest BCUT2D eigenvalue weighted by Gasteiger charge is -2.56. The Kier molecular flexibility index (Phi) is 5.99. The zero-order valence-corrected chi connectivity index (χ0v) is 33.5. The molecule has 14 rings (SSSR count). The Balaban J connectivity index is 1.25. The Labute approximate surface area is 346 Å². The van der Waals surface area contributed by atoms with Gasteiger partial charge in [-0.1, -0.05) is 91.0 Å². The number of para-hydroxylation sites is 2. The second-order valence-corrected chi connectivity index (χ2v) is 17.6. The summed E-state index contributed by atoms with van der Waals surface area (Å²) < 4.78 is 0. The number of fused-ring (bicyclic) bond motifs is 12. The first-order valence-corrected chi connectivity index (χ1v) is 21.0. The molecule has 0 saturated carbocycles. The fourth-order valence-electron chi connectivity index (χ4n) is 12.0. The summed E-state index contributed by atoms with van der Waals surface area (Å²) in [6.45, 7) is 8.99. The lowest BCUT2D eigenvalue weighted by molar-refractivity contribution is 1.22. The average molecular weight is 750 g/mol. The Hall–Kier alpha value is -6.85. The van der Waals surface area contributed by atoms with Crippen LogP contribution in [0.15, 0.2) is 152 Å². The molecule has 274 valence electrons. The molecule has 0 fully saturated rings. The van der Waals surface area contributed by atoms with Crippen LogP contribution in [0.3, 0.4) is 0 Å². The number of anilines is 10. The Morgan fingerprint density at radius 3 is 1.15 bits per heavy atom. The first-order chi connectivity index (χ1) is 29.0. The van der Waals surface area contributed by atoms with Gasteiger partial charge in [-0.05, 0) is 154 Å². The average Bonchev–Trinajstić information content (AvgIpc) is 3.26. The normalized spacial score (nSPS) is 14.9. The van der Waals surface area contributed by atoms with E-state index in [0.29, 0.717) is 0 Å². The van der Waals surface area contributed by atoms with E-state index < -0.39 is 0 Å². The number of nitrogens with zero attached hydrogens (tertiary/aromatic N) is 4. The minimum Gasteiger partial charge on any atom is -0.376 e. The highest BCUT2D eigenvalue weighted by molar-refractivity contribution is 7.05. The number of rotatable bonds is 2. The van der Waals surface area contributed by atoms with Gasteiger partial charge in [0.15, 0.2) is 0 Å². The van der Waals surface area contributed by atoms with Crippen LogP contribution in [0.5, 0.6) is 0 Å². The molecule has 7 heteroatoms. The maximum Gasteiger partial charge on any atom is 0.333 e. The standard InChI is InChI=1S/C52H37B3N4/c1-30-18-22-36-42(26-30)56-44-28-32(3)20-24-38(44)54-48-47-46-40(58(54)34-12-7-5-8-13-34)16-11-17-41(46)59(35-14-9-6-10-15-35)55-39-25-21-33(4)29-45(39)57-43-27-31(2)19-23-37(43)53(36)50(51(48)56)52(57)49(47)55/h5-29H,1-4H3. The van der Waals surface area contributed by atoms with Gasteiger partial charge in [0.25, 0.3) is 6.71 Å². The van der Waals surface area contributed by atoms with Gasteiger partial charge < -0.3 is 19.4 Å². The maximum absolute atomic E-state index is 2.69. The molecule has 0 aliphatic carbocycles. The van der Waals surface area contributed by atoms with Crippen molar-refractivity contribution in [3.63, 3.8) is 0 Å². The fraction of sp³-hybridized carbons (Fsp3) is 0.0769. The second kappa shape index (κ2) is 11.0. The number of hydrogen-bond donors (Lipinski definition) is 0. The van der Waals surface area contributed by atoms with Crippen molar-refractivity contribution < 1.29 is 0 Å². The molecule has 59 heavy (non-hydrogen) atoms. The van der Waals surface area contributed by atoms with Crippen LogP contribution in [0.25, 0.3) is 11.1 Å². The third-order valence-electron chi connectivity index (χ3n) is 14.1. The second-order valence-electron chi connectivity index (χ2n) is 17.6. The molecule has 0 N–H and O–H groups in total. The van der Waals surface area contributed by atoms with E-state index in [1.54, 1.807) is 0 Å². The van der Waals surface area contributed by atoms with E-state index in [0.717, 1.165) is 0 Å². The van der Waals surface area contributed by atoms with Crippen molar-refractivity contribution in [3.8, 4) is 11.1 Å². The van der Waals surface area contributed by atoms with E-state index in [2.05, 4.69) is 199 Å². The van der Waals surface area contributed by atoms with E-state index >= 15 is 0 Å². The van der Waals surface area contributed by atoms with Gasteiger partial charge in [-0.15, -0.1) is 0 Å². The predicted molar refractivity (Wildman–Crippen MR) is 252 cm³/mol. The molecule has 0 aromatic heterocycles. The summed E-state index contributed by atoms with van der Waals surface area (Å²) in [6.07, 6.45) is 0. The lowest BCUT2D eigenvalue weighted by Crippen LogP contribution is -2.74. The third-order valence-corrected chi connectivity index (χ3v) is 14.1. The topological polar surface area (TPSA) is 13.0 Å². The van der Waals surface area contributed by atoms with Gasteiger partial charge in [-0.3, -0.25) is 0 Å². The highest BCUT2D eigenvalue weighted by atomic mass is 15.2. The van der Waals surface area contributed by atoms with E-state index in [4.69, 9.17) is 0 Å². The van der Waals surface area contributed by atoms with Gasteiger partial charge in [-0.2, -0.15) is 0 Å². The van der Waals surface area contributed by atoms with Crippen LogP contribution in [0.2, 0.25) is 0 Å². The van der Waals surface area contributed by atoms with Crippen LogP contribution < -0.4 is 57.7 Å². The monoisotopic (exact) mass is 750 g/mol. The molecule has 6 aliphatic heterocycles. The molecule has 0 bridgehead atoms. The number of hydrogen-bond acceptors (Lipinski definition) is 4. The molecule has 0 atom stereocenters. The molecule has 6 aliphatic rings. The molecule has 0 unspecified atom stereocenters. The van der Waals surface area contributed by atoms with Crippen molar-refractivity contribution >= 4 is 116 Å². The molecule has 8 aromatic carbocycles. The van der Waals surface area contributed by atoms with E-state index in [1.807, 2.05) is 0 Å². The van der Waals surface area contributed by atoms with Gasteiger partial charge in [0.1, 0.15) is 0 Å². The van der Waals surface area contributed by atoms with E-state index in [1.165, 1.54) is 128 Å². The van der Waals surface area contributed by atoms with Gasteiger partial charge in [0, 0.05) is 62.4 Å². The minimum absolute atomic E-state index is 0.0400. The van der Waals surface area contributed by atoms with Crippen LogP contribution in [0, 0.1) is 27.7 Å². The Bertz CT molecular complexity index is 3010. The zero-order chi connectivity index (χ0) is 39.0. The van der Waals surface area contributed by atoms with Gasteiger partial charge >= 0.3 is 13.7 Å². The molecule has 4 nitrogen and oxygen atoms in total. The van der Waals surface area contributed by atoms with Crippen molar-refractivity contribution in [1.29, 1.82) is 0 Å². The summed E-state index contributed by atoms with van der Waals surface area (Å²) in [6, 6.07) is 58.2. The summed E-state index contributed by atoms with van der Waals surface area (Å²) in [5.41, 5.74) is 30.4. The van der Waals surface area contributed by atoms with Crippen molar-refractivity contribution in [2.24, 2.45) is 0 Å². The maximum atomic E-state index is 2.69. The van der Waals surface area contributed by atoms with Crippen LogP contribution >= 0.6 is 0 Å². The highest BCUT2D eigenvalue weighted by Crippen LogP contribution is 2.56. The molecule has 0 spiro atoms. The van der Waals surface area contributed by atoms with Crippen molar-refractivity contribution in [2.75, 3.05) is 19.4 Å². The van der Waals surface area contributed by atoms with Crippen LogP contribution in [-0.4, -0.2) is 20.4 Å². The lowest BCUT2D eigenvalue weighted by atomic mass is 9.28. The predicted octanol–water partition coefficient (Wildman–Crippen LogP) is 7.81. The number of benzene rings is 8. The molecular weight excluding hydrogens is 713 g/mol. The highest BCUT2D eigenvalue weighted by Gasteiger charge is 2.58. The molecule has 0 saturated heterocycles. The van der Waals surface area contributed by atoms with Gasteiger partial charge in [-0.25, -0.2) is 0 Å². The van der Waals surface area contributed by atoms with Crippen molar-refractivity contribution in [2.45, 2.75) is 27.7 Å². The van der Waals surface area contributed by atoms with Gasteiger partial charge in [0.2, 0.25) is 0 Å². The quantitative estimate of drug-likeness (QED) is 0.167. The largest absolute Gasteiger partial charge is 0.376 e. The first kappa shape index (κ1) is 32.1. The Morgan fingerprint density at radius 1 is 0.339 bits per heavy atom. The van der Waals surface area contributed by atoms with E-state index in [9.17, 15) is 0 Å². The summed E-state index contributed by atoms with van der Waals surface area (Å²) >= 11 is 0. The minimum atomic E-state index is -0.0400. The Morgan fingerprint density at radius 2 is 0.729 bits per heavy atom. The van der Waals surface area contributed by atoms with Crippen molar-refractivity contribution in [3.05, 3.63) is 174 Å². The number of aryl methyl sites for hydroxylation is 4. The molecule has 6 heterocycles.